The van der Waals surface area contributed by atoms with Crippen molar-refractivity contribution in [3.63, 3.8) is 0 Å². The highest BCUT2D eigenvalue weighted by Gasteiger charge is 2.27. The van der Waals surface area contributed by atoms with E-state index in [2.05, 4.69) is 48.5 Å². The maximum absolute atomic E-state index is 11.4. The third-order valence-electron chi connectivity index (χ3n) is 4.30. The number of hydrogen-bond donors (Lipinski definition) is 2. The third-order valence-corrected chi connectivity index (χ3v) is 4.30. The number of aryl methyl sites for hydroxylation is 1. The van der Waals surface area contributed by atoms with Gasteiger partial charge in [-0.25, -0.2) is 0 Å². The minimum Gasteiger partial charge on any atom is -0.375 e. The van der Waals surface area contributed by atoms with Crippen LogP contribution in [0.3, 0.4) is 0 Å². The number of benzene rings is 1. The molecule has 4 heteroatoms. The zero-order valence-corrected chi connectivity index (χ0v) is 13.8. The lowest BCUT2D eigenvalue weighted by Gasteiger charge is -2.26. The van der Waals surface area contributed by atoms with Crippen molar-refractivity contribution >= 4 is 11.6 Å². The topological polar surface area (TPSA) is 58.4 Å². The molecular formula is C17H29N3O. The molecule has 0 spiro atoms. The molecule has 118 valence electrons. The van der Waals surface area contributed by atoms with Crippen molar-refractivity contribution in [2.24, 2.45) is 5.73 Å². The molecular weight excluding hydrogens is 262 g/mol. The van der Waals surface area contributed by atoms with E-state index in [0.29, 0.717) is 0 Å². The zero-order chi connectivity index (χ0) is 15.9. The summed E-state index contributed by atoms with van der Waals surface area (Å²) < 4.78 is 0. The van der Waals surface area contributed by atoms with E-state index >= 15 is 0 Å². The fourth-order valence-corrected chi connectivity index (χ4v) is 2.31. The molecule has 1 amide bonds. The van der Waals surface area contributed by atoms with E-state index < -0.39 is 5.54 Å². The molecule has 1 aromatic rings. The van der Waals surface area contributed by atoms with Gasteiger partial charge in [0.1, 0.15) is 0 Å². The van der Waals surface area contributed by atoms with Gasteiger partial charge < -0.3 is 16.0 Å². The number of primary amides is 1. The number of hydrogen-bond acceptors (Lipinski definition) is 3. The Morgan fingerprint density at radius 3 is 2.38 bits per heavy atom. The van der Waals surface area contributed by atoms with Gasteiger partial charge in [0.2, 0.25) is 5.91 Å². The summed E-state index contributed by atoms with van der Waals surface area (Å²) in [6.07, 6.45) is 3.84. The van der Waals surface area contributed by atoms with Gasteiger partial charge in [-0.05, 0) is 57.4 Å². The van der Waals surface area contributed by atoms with Gasteiger partial charge in [-0.15, -0.1) is 0 Å². The summed E-state index contributed by atoms with van der Waals surface area (Å²) in [5.74, 6) is -0.284. The molecule has 0 aliphatic carbocycles. The number of amides is 1. The van der Waals surface area contributed by atoms with Crippen LogP contribution in [-0.4, -0.2) is 32.1 Å². The van der Waals surface area contributed by atoms with Crippen LogP contribution in [0, 0.1) is 0 Å². The summed E-state index contributed by atoms with van der Waals surface area (Å²) in [5.41, 5.74) is 7.43. The number of carbonyl (C=O) groups is 1. The molecule has 1 rings (SSSR count). The van der Waals surface area contributed by atoms with Gasteiger partial charge in [-0.1, -0.05) is 19.1 Å². The molecule has 0 saturated carbocycles. The standard InChI is InChI=1S/C17H29N3O/c1-5-14-8-10-15(11-9-14)20(4)13-7-6-12-17(2,19-3)16(18)21/h8-11,19H,5-7,12-13H2,1-4H3,(H2,18,21). The zero-order valence-electron chi connectivity index (χ0n) is 13.8. The number of nitrogens with two attached hydrogens (primary N) is 1. The fourth-order valence-electron chi connectivity index (χ4n) is 2.31. The Balaban J connectivity index is 2.39. The number of anilines is 1. The van der Waals surface area contributed by atoms with E-state index in [-0.39, 0.29) is 5.91 Å². The van der Waals surface area contributed by atoms with Gasteiger partial charge >= 0.3 is 0 Å². The van der Waals surface area contributed by atoms with Crippen LogP contribution in [0.1, 0.15) is 38.7 Å². The third kappa shape index (κ3) is 5.05. The van der Waals surface area contributed by atoms with Gasteiger partial charge in [0.05, 0.1) is 5.54 Å². The predicted molar refractivity (Wildman–Crippen MR) is 89.6 cm³/mol. The molecule has 4 nitrogen and oxygen atoms in total. The first kappa shape index (κ1) is 17.5. The van der Waals surface area contributed by atoms with Crippen molar-refractivity contribution < 1.29 is 4.79 Å². The number of carbonyl (C=O) groups excluding carboxylic acids is 1. The average molecular weight is 291 g/mol. The molecule has 1 atom stereocenters. The van der Waals surface area contributed by atoms with E-state index in [1.54, 1.807) is 7.05 Å². The summed E-state index contributed by atoms with van der Waals surface area (Å²) in [4.78, 5) is 13.7. The number of nitrogens with zero attached hydrogens (tertiary/aromatic N) is 1. The fraction of sp³-hybridized carbons (Fsp3) is 0.588. The first-order chi connectivity index (χ1) is 9.92. The summed E-state index contributed by atoms with van der Waals surface area (Å²) >= 11 is 0. The van der Waals surface area contributed by atoms with Crippen molar-refractivity contribution in [1.29, 1.82) is 0 Å². The number of nitrogens with one attached hydrogen (secondary N) is 1. The second-order valence-electron chi connectivity index (χ2n) is 5.85. The van der Waals surface area contributed by atoms with E-state index in [4.69, 9.17) is 5.73 Å². The summed E-state index contributed by atoms with van der Waals surface area (Å²) in [7, 11) is 3.89. The Hall–Kier alpha value is -1.55. The van der Waals surface area contributed by atoms with Crippen molar-refractivity contribution in [2.45, 2.75) is 45.1 Å². The van der Waals surface area contributed by atoms with Crippen molar-refractivity contribution in [3.05, 3.63) is 29.8 Å². The Bertz CT molecular complexity index is 444. The first-order valence-electron chi connectivity index (χ1n) is 7.72. The van der Waals surface area contributed by atoms with Crippen molar-refractivity contribution in [2.75, 3.05) is 25.5 Å². The predicted octanol–water partition coefficient (Wildman–Crippen LogP) is 2.32. The van der Waals surface area contributed by atoms with E-state index in [1.165, 1.54) is 11.3 Å². The van der Waals surface area contributed by atoms with Crippen molar-refractivity contribution in [1.82, 2.24) is 5.32 Å². The first-order valence-corrected chi connectivity index (χ1v) is 7.72. The van der Waals surface area contributed by atoms with E-state index in [1.807, 2.05) is 6.92 Å². The number of rotatable bonds is 9. The highest BCUT2D eigenvalue weighted by Crippen LogP contribution is 2.17. The molecule has 0 aliphatic rings. The lowest BCUT2D eigenvalue weighted by molar-refractivity contribution is -0.123. The molecule has 0 radical (unpaired) electrons. The van der Waals surface area contributed by atoms with Crippen LogP contribution in [0.25, 0.3) is 0 Å². The molecule has 21 heavy (non-hydrogen) atoms. The molecule has 3 N–H and O–H groups in total. The summed E-state index contributed by atoms with van der Waals surface area (Å²) in [6.45, 7) is 5.00. The minimum absolute atomic E-state index is 0.284. The molecule has 0 aliphatic heterocycles. The SMILES string of the molecule is CCc1ccc(N(C)CCCCC(C)(NC)C(N)=O)cc1. The van der Waals surface area contributed by atoms with Crippen LogP contribution in [0.2, 0.25) is 0 Å². The van der Waals surface area contributed by atoms with Crippen LogP contribution in [0.4, 0.5) is 5.69 Å². The van der Waals surface area contributed by atoms with Gasteiger partial charge in [0, 0.05) is 19.3 Å². The van der Waals surface area contributed by atoms with Gasteiger partial charge in [-0.2, -0.15) is 0 Å². The molecule has 0 saturated heterocycles. The molecule has 0 fully saturated rings. The maximum atomic E-state index is 11.4. The molecule has 0 aromatic heterocycles. The normalized spacial score (nSPS) is 13.7. The summed E-state index contributed by atoms with van der Waals surface area (Å²) in [6, 6.07) is 8.69. The Morgan fingerprint density at radius 2 is 1.90 bits per heavy atom. The highest BCUT2D eigenvalue weighted by molar-refractivity contribution is 5.84. The Morgan fingerprint density at radius 1 is 1.29 bits per heavy atom. The van der Waals surface area contributed by atoms with Crippen LogP contribution in [-0.2, 0) is 11.2 Å². The Labute approximate surface area is 128 Å². The molecule has 0 heterocycles. The second kappa shape index (κ2) is 8.03. The smallest absolute Gasteiger partial charge is 0.237 e. The van der Waals surface area contributed by atoms with Crippen LogP contribution in [0.5, 0.6) is 0 Å². The average Bonchev–Trinajstić information content (AvgIpc) is 2.50. The van der Waals surface area contributed by atoms with Gasteiger partial charge in [0.25, 0.3) is 0 Å². The maximum Gasteiger partial charge on any atom is 0.237 e. The summed E-state index contributed by atoms with van der Waals surface area (Å²) in [5, 5.41) is 3.02. The lowest BCUT2D eigenvalue weighted by atomic mass is 9.94. The monoisotopic (exact) mass is 291 g/mol. The number of unbranched alkanes of at least 4 members (excludes halogenated alkanes) is 1. The van der Waals surface area contributed by atoms with Crippen molar-refractivity contribution in [3.8, 4) is 0 Å². The molecule has 1 aromatic carbocycles. The van der Waals surface area contributed by atoms with E-state index in [0.717, 1.165) is 32.2 Å². The van der Waals surface area contributed by atoms with Crippen LogP contribution < -0.4 is 16.0 Å². The highest BCUT2D eigenvalue weighted by atomic mass is 16.1. The minimum atomic E-state index is -0.596. The van der Waals surface area contributed by atoms with Crippen LogP contribution in [0.15, 0.2) is 24.3 Å². The number of likely N-dealkylation sites (N-methyl/N-ethyl adjacent to an activating group) is 1. The largest absolute Gasteiger partial charge is 0.375 e. The Kier molecular flexibility index (Phi) is 6.69. The lowest BCUT2D eigenvalue weighted by Crippen LogP contribution is -2.51. The quantitative estimate of drug-likeness (QED) is 0.687. The van der Waals surface area contributed by atoms with Gasteiger partial charge in [-0.3, -0.25) is 4.79 Å². The van der Waals surface area contributed by atoms with Gasteiger partial charge in [0.15, 0.2) is 0 Å². The van der Waals surface area contributed by atoms with Crippen LogP contribution >= 0.6 is 0 Å². The molecule has 0 bridgehead atoms. The van der Waals surface area contributed by atoms with E-state index in [9.17, 15) is 4.79 Å². The second-order valence-corrected chi connectivity index (χ2v) is 5.85. The molecule has 1 unspecified atom stereocenters.